The number of hydrogen-bond acceptors (Lipinski definition) is 4. The van der Waals surface area contributed by atoms with Crippen molar-refractivity contribution in [1.29, 1.82) is 0 Å². The van der Waals surface area contributed by atoms with Gasteiger partial charge in [0.1, 0.15) is 11.4 Å². The van der Waals surface area contributed by atoms with Crippen LogP contribution in [-0.4, -0.2) is 42.6 Å². The Hall–Kier alpha value is -2.73. The third kappa shape index (κ3) is 3.32. The minimum Gasteiger partial charge on any atom is -0.497 e. The molecule has 4 rings (SSSR count). The monoisotopic (exact) mass is 385 g/mol. The van der Waals surface area contributed by atoms with Crippen molar-refractivity contribution in [2.45, 2.75) is 18.5 Å². The van der Waals surface area contributed by atoms with E-state index in [9.17, 15) is 9.59 Å². The Kier molecular flexibility index (Phi) is 4.44. The zero-order valence-corrected chi connectivity index (χ0v) is 15.7. The van der Waals surface area contributed by atoms with E-state index in [1.54, 1.807) is 48.4 Å². The molecule has 1 saturated heterocycles. The van der Waals surface area contributed by atoms with Crippen LogP contribution in [0.1, 0.15) is 33.6 Å². The lowest BCUT2D eigenvalue weighted by Gasteiger charge is -2.46. The van der Waals surface area contributed by atoms with Crippen molar-refractivity contribution in [3.05, 3.63) is 58.6 Å². The molecule has 27 heavy (non-hydrogen) atoms. The quantitative estimate of drug-likeness (QED) is 0.833. The molecule has 2 N–H and O–H groups in total. The molecule has 0 radical (unpaired) electrons. The van der Waals surface area contributed by atoms with E-state index in [2.05, 4.69) is 10.6 Å². The first-order valence-corrected chi connectivity index (χ1v) is 9.21. The van der Waals surface area contributed by atoms with Gasteiger partial charge in [0.15, 0.2) is 0 Å². The van der Waals surface area contributed by atoms with Crippen molar-refractivity contribution in [3.8, 4) is 5.75 Å². The second kappa shape index (κ2) is 6.78. The molecule has 0 unspecified atom stereocenters. The van der Waals surface area contributed by atoms with Gasteiger partial charge in [-0.3, -0.25) is 9.59 Å². The summed E-state index contributed by atoms with van der Waals surface area (Å²) in [7, 11) is 1.58. The number of carbonyl (C=O) groups is 2. The van der Waals surface area contributed by atoms with Crippen LogP contribution in [0, 0.1) is 0 Å². The van der Waals surface area contributed by atoms with E-state index in [4.69, 9.17) is 16.3 Å². The van der Waals surface area contributed by atoms with Gasteiger partial charge in [-0.05, 0) is 36.4 Å². The van der Waals surface area contributed by atoms with Crippen LogP contribution in [-0.2, 0) is 0 Å². The Morgan fingerprint density at radius 1 is 1.15 bits per heavy atom. The number of fused-ring (bicyclic) bond motifs is 1. The number of benzene rings is 2. The van der Waals surface area contributed by atoms with E-state index < -0.39 is 5.66 Å². The molecular weight excluding hydrogens is 366 g/mol. The average molecular weight is 386 g/mol. The highest BCUT2D eigenvalue weighted by Crippen LogP contribution is 2.33. The minimum atomic E-state index is -0.556. The Balaban J connectivity index is 1.49. The number of anilines is 1. The molecule has 6 nitrogen and oxygen atoms in total. The van der Waals surface area contributed by atoms with Gasteiger partial charge in [-0.1, -0.05) is 17.7 Å². The zero-order valence-electron chi connectivity index (χ0n) is 14.9. The van der Waals surface area contributed by atoms with E-state index in [0.717, 1.165) is 5.69 Å². The highest BCUT2D eigenvalue weighted by atomic mass is 35.5. The van der Waals surface area contributed by atoms with Gasteiger partial charge >= 0.3 is 0 Å². The molecule has 2 aromatic carbocycles. The summed E-state index contributed by atoms with van der Waals surface area (Å²) in [5.41, 5.74) is 1.36. The lowest BCUT2D eigenvalue weighted by atomic mass is 9.92. The number of halogens is 1. The summed E-state index contributed by atoms with van der Waals surface area (Å²) in [5.74, 6) is 0.506. The standard InChI is InChI=1S/C20H20ClN3O3/c1-27-15-4-2-3-13(11-15)19(26)24-9-7-20(8-10-24)22-17-12-14(21)5-6-16(17)18(25)23-20/h2-6,11-12,22H,7-10H2,1H3,(H,23,25). The molecule has 2 aliphatic heterocycles. The van der Waals surface area contributed by atoms with Crippen LogP contribution in [0.25, 0.3) is 0 Å². The third-order valence-electron chi connectivity index (χ3n) is 5.17. The molecule has 140 valence electrons. The van der Waals surface area contributed by atoms with Crippen molar-refractivity contribution in [3.63, 3.8) is 0 Å². The van der Waals surface area contributed by atoms with Crippen molar-refractivity contribution >= 4 is 29.1 Å². The number of likely N-dealkylation sites (tertiary alicyclic amines) is 1. The lowest BCUT2D eigenvalue weighted by molar-refractivity contribution is 0.0639. The molecule has 0 atom stereocenters. The average Bonchev–Trinajstić information content (AvgIpc) is 2.67. The van der Waals surface area contributed by atoms with Gasteiger partial charge < -0.3 is 20.3 Å². The van der Waals surface area contributed by atoms with Gasteiger partial charge in [0.2, 0.25) is 0 Å². The van der Waals surface area contributed by atoms with Crippen molar-refractivity contribution in [2.24, 2.45) is 0 Å². The Morgan fingerprint density at radius 3 is 2.67 bits per heavy atom. The van der Waals surface area contributed by atoms with Crippen molar-refractivity contribution < 1.29 is 14.3 Å². The van der Waals surface area contributed by atoms with Crippen LogP contribution in [0.2, 0.25) is 5.02 Å². The molecule has 0 aromatic heterocycles. The second-order valence-corrected chi connectivity index (χ2v) is 7.31. The zero-order chi connectivity index (χ0) is 19.0. The van der Waals surface area contributed by atoms with Crippen LogP contribution < -0.4 is 15.4 Å². The Bertz CT molecular complexity index is 907. The maximum atomic E-state index is 12.8. The fourth-order valence-electron chi connectivity index (χ4n) is 3.67. The summed E-state index contributed by atoms with van der Waals surface area (Å²) >= 11 is 6.07. The predicted molar refractivity (Wildman–Crippen MR) is 103 cm³/mol. The van der Waals surface area contributed by atoms with Crippen molar-refractivity contribution in [1.82, 2.24) is 10.2 Å². The van der Waals surface area contributed by atoms with Crippen LogP contribution in [0.15, 0.2) is 42.5 Å². The summed E-state index contributed by atoms with van der Waals surface area (Å²) in [4.78, 5) is 27.1. The van der Waals surface area contributed by atoms with Crippen LogP contribution >= 0.6 is 11.6 Å². The fraction of sp³-hybridized carbons (Fsp3) is 0.300. The molecule has 0 aliphatic carbocycles. The summed E-state index contributed by atoms with van der Waals surface area (Å²) < 4.78 is 5.20. The molecule has 2 aromatic rings. The lowest BCUT2D eigenvalue weighted by Crippen LogP contribution is -2.62. The first kappa shape index (κ1) is 17.7. The van der Waals surface area contributed by atoms with Crippen LogP contribution in [0.5, 0.6) is 5.75 Å². The number of methoxy groups -OCH3 is 1. The third-order valence-corrected chi connectivity index (χ3v) is 5.41. The van der Waals surface area contributed by atoms with Gasteiger partial charge in [0.05, 0.1) is 18.4 Å². The summed E-state index contributed by atoms with van der Waals surface area (Å²) in [6, 6.07) is 12.3. The first-order valence-electron chi connectivity index (χ1n) is 8.83. The normalized spacial score (nSPS) is 17.7. The number of nitrogens with zero attached hydrogens (tertiary/aromatic N) is 1. The fourth-order valence-corrected chi connectivity index (χ4v) is 3.84. The second-order valence-electron chi connectivity index (χ2n) is 6.88. The molecule has 0 bridgehead atoms. The highest BCUT2D eigenvalue weighted by molar-refractivity contribution is 6.31. The van der Waals surface area contributed by atoms with E-state index >= 15 is 0 Å². The minimum absolute atomic E-state index is 0.0330. The summed E-state index contributed by atoms with van der Waals surface area (Å²) in [5, 5.41) is 7.08. The summed E-state index contributed by atoms with van der Waals surface area (Å²) in [6.07, 6.45) is 1.22. The molecule has 2 amide bonds. The number of ether oxygens (including phenoxy) is 1. The molecule has 0 saturated carbocycles. The number of hydrogen-bond donors (Lipinski definition) is 2. The number of amides is 2. The van der Waals surface area contributed by atoms with Gasteiger partial charge in [0, 0.05) is 36.5 Å². The Morgan fingerprint density at radius 2 is 1.93 bits per heavy atom. The van der Waals surface area contributed by atoms with Crippen LogP contribution in [0.4, 0.5) is 5.69 Å². The molecule has 2 aliphatic rings. The SMILES string of the molecule is COc1cccc(C(=O)N2CCC3(CC2)NC(=O)c2ccc(Cl)cc2N3)c1. The Labute approximate surface area is 162 Å². The summed E-state index contributed by atoms with van der Waals surface area (Å²) in [6.45, 7) is 1.08. The molecule has 2 heterocycles. The maximum Gasteiger partial charge on any atom is 0.255 e. The van der Waals surface area contributed by atoms with E-state index in [1.165, 1.54) is 0 Å². The van der Waals surface area contributed by atoms with E-state index in [-0.39, 0.29) is 11.8 Å². The van der Waals surface area contributed by atoms with Gasteiger partial charge in [0.25, 0.3) is 11.8 Å². The molecule has 1 spiro atoms. The molecule has 7 heteroatoms. The van der Waals surface area contributed by atoms with Gasteiger partial charge in [-0.25, -0.2) is 0 Å². The molecular formula is C20H20ClN3O3. The number of rotatable bonds is 2. The first-order chi connectivity index (χ1) is 13.0. The number of nitrogens with one attached hydrogen (secondary N) is 2. The van der Waals surface area contributed by atoms with E-state index in [1.807, 2.05) is 6.07 Å². The maximum absolute atomic E-state index is 12.8. The van der Waals surface area contributed by atoms with E-state index in [0.29, 0.717) is 47.8 Å². The predicted octanol–water partition coefficient (Wildman–Crippen LogP) is 3.14. The van der Waals surface area contributed by atoms with Gasteiger partial charge in [-0.15, -0.1) is 0 Å². The topological polar surface area (TPSA) is 70.7 Å². The van der Waals surface area contributed by atoms with Crippen LogP contribution in [0.3, 0.4) is 0 Å². The van der Waals surface area contributed by atoms with Gasteiger partial charge in [-0.2, -0.15) is 0 Å². The van der Waals surface area contributed by atoms with Crippen molar-refractivity contribution in [2.75, 3.05) is 25.5 Å². The number of carbonyl (C=O) groups excluding carboxylic acids is 2. The molecule has 1 fully saturated rings. The smallest absolute Gasteiger partial charge is 0.255 e. The number of piperidine rings is 1. The highest BCUT2D eigenvalue weighted by Gasteiger charge is 2.41. The largest absolute Gasteiger partial charge is 0.497 e.